The number of hydrogen-bond acceptors (Lipinski definition) is 5. The van der Waals surface area contributed by atoms with Gasteiger partial charge in [0, 0.05) is 12.7 Å². The standard InChI is InChI=1S/C11H13ClN4O3S/c1-19-7-6-16-10(8-4-2-3-5-9(8)12)14-15-11(16)20(13,17)18/h2-5H,6-7H2,1H3,(H2,13,17,18). The Bertz CT molecular complexity index is 714. The predicted octanol–water partition coefficient (Wildman–Crippen LogP) is 0.892. The van der Waals surface area contributed by atoms with Gasteiger partial charge < -0.3 is 4.74 Å². The van der Waals surface area contributed by atoms with Gasteiger partial charge in [0.05, 0.1) is 18.2 Å². The molecule has 2 rings (SSSR count). The molecule has 7 nitrogen and oxygen atoms in total. The number of nitrogens with two attached hydrogens (primary N) is 1. The summed E-state index contributed by atoms with van der Waals surface area (Å²) in [5.41, 5.74) is 0.577. The summed E-state index contributed by atoms with van der Waals surface area (Å²) in [7, 11) is -2.46. The van der Waals surface area contributed by atoms with Crippen LogP contribution in [0.15, 0.2) is 29.4 Å². The first-order valence-corrected chi connectivity index (χ1v) is 7.57. The highest BCUT2D eigenvalue weighted by Gasteiger charge is 2.22. The summed E-state index contributed by atoms with van der Waals surface area (Å²) in [6, 6.07) is 6.95. The Morgan fingerprint density at radius 1 is 1.35 bits per heavy atom. The van der Waals surface area contributed by atoms with Crippen LogP contribution < -0.4 is 5.14 Å². The van der Waals surface area contributed by atoms with E-state index in [-0.39, 0.29) is 18.3 Å². The second-order valence-electron chi connectivity index (χ2n) is 3.98. The number of aromatic nitrogens is 3. The number of hydrogen-bond donors (Lipinski definition) is 1. The molecule has 0 saturated heterocycles. The normalized spacial score (nSPS) is 11.8. The molecule has 1 aromatic carbocycles. The number of methoxy groups -OCH3 is 1. The smallest absolute Gasteiger partial charge is 0.273 e. The molecule has 9 heteroatoms. The molecule has 0 aliphatic heterocycles. The topological polar surface area (TPSA) is 100 Å². The van der Waals surface area contributed by atoms with E-state index in [0.717, 1.165) is 0 Å². The number of nitrogens with zero attached hydrogens (tertiary/aromatic N) is 3. The molecule has 1 aromatic heterocycles. The van der Waals surface area contributed by atoms with Gasteiger partial charge in [0.15, 0.2) is 5.82 Å². The van der Waals surface area contributed by atoms with Crippen molar-refractivity contribution in [3.63, 3.8) is 0 Å². The summed E-state index contributed by atoms with van der Waals surface area (Å²) >= 11 is 6.10. The minimum Gasteiger partial charge on any atom is -0.383 e. The predicted molar refractivity (Wildman–Crippen MR) is 73.7 cm³/mol. The molecule has 1 heterocycles. The quantitative estimate of drug-likeness (QED) is 0.883. The first-order chi connectivity index (χ1) is 9.45. The zero-order chi connectivity index (χ0) is 14.8. The Labute approximate surface area is 121 Å². The number of ether oxygens (including phenoxy) is 1. The van der Waals surface area contributed by atoms with Crippen LogP contribution in [-0.4, -0.2) is 36.9 Å². The van der Waals surface area contributed by atoms with Gasteiger partial charge in [-0.2, -0.15) is 0 Å². The Kier molecular flexibility index (Phi) is 4.39. The molecule has 108 valence electrons. The van der Waals surface area contributed by atoms with Crippen LogP contribution in [0.3, 0.4) is 0 Å². The van der Waals surface area contributed by atoms with Crippen LogP contribution in [-0.2, 0) is 21.3 Å². The van der Waals surface area contributed by atoms with Gasteiger partial charge in [-0.25, -0.2) is 13.6 Å². The minimum atomic E-state index is -3.97. The molecule has 0 bridgehead atoms. The Morgan fingerprint density at radius 2 is 2.05 bits per heavy atom. The summed E-state index contributed by atoms with van der Waals surface area (Å²) in [5, 5.41) is 12.8. The van der Waals surface area contributed by atoms with E-state index in [0.29, 0.717) is 16.4 Å². The molecule has 0 atom stereocenters. The maximum Gasteiger partial charge on any atom is 0.273 e. The average molecular weight is 317 g/mol. The number of benzene rings is 1. The van der Waals surface area contributed by atoms with Crippen LogP contribution in [0.25, 0.3) is 11.4 Å². The van der Waals surface area contributed by atoms with Crippen LogP contribution in [0.1, 0.15) is 0 Å². The zero-order valence-electron chi connectivity index (χ0n) is 10.7. The highest BCUT2D eigenvalue weighted by atomic mass is 35.5. The fourth-order valence-corrected chi connectivity index (χ4v) is 2.58. The molecule has 0 saturated carbocycles. The third kappa shape index (κ3) is 2.98. The maximum absolute atomic E-state index is 11.5. The molecule has 0 spiro atoms. The van der Waals surface area contributed by atoms with E-state index >= 15 is 0 Å². The number of rotatable bonds is 5. The lowest BCUT2D eigenvalue weighted by Gasteiger charge is -2.09. The highest BCUT2D eigenvalue weighted by molar-refractivity contribution is 7.89. The van der Waals surface area contributed by atoms with E-state index in [9.17, 15) is 8.42 Å². The van der Waals surface area contributed by atoms with E-state index in [1.54, 1.807) is 24.3 Å². The summed E-state index contributed by atoms with van der Waals surface area (Å²) in [6.07, 6.45) is 0. The number of primary sulfonamides is 1. The molecule has 0 radical (unpaired) electrons. The van der Waals surface area contributed by atoms with Gasteiger partial charge in [0.25, 0.3) is 15.2 Å². The van der Waals surface area contributed by atoms with Crippen LogP contribution in [0.2, 0.25) is 5.02 Å². The second-order valence-corrected chi connectivity index (χ2v) is 5.84. The van der Waals surface area contributed by atoms with Gasteiger partial charge in [0.2, 0.25) is 0 Å². The largest absolute Gasteiger partial charge is 0.383 e. The van der Waals surface area contributed by atoms with Crippen LogP contribution in [0.4, 0.5) is 0 Å². The van der Waals surface area contributed by atoms with Gasteiger partial charge in [-0.1, -0.05) is 23.7 Å². The average Bonchev–Trinajstić information content (AvgIpc) is 2.80. The van der Waals surface area contributed by atoms with Crippen molar-refractivity contribution in [1.82, 2.24) is 14.8 Å². The summed E-state index contributed by atoms with van der Waals surface area (Å²) in [5.74, 6) is 0.330. The fourth-order valence-electron chi connectivity index (χ4n) is 1.73. The maximum atomic E-state index is 11.5. The fraction of sp³-hybridized carbons (Fsp3) is 0.273. The number of sulfonamides is 1. The summed E-state index contributed by atoms with van der Waals surface area (Å²) in [6.45, 7) is 0.536. The van der Waals surface area contributed by atoms with Crippen LogP contribution in [0.5, 0.6) is 0 Å². The first-order valence-electron chi connectivity index (χ1n) is 5.65. The van der Waals surface area contributed by atoms with Crippen molar-refractivity contribution in [3.05, 3.63) is 29.3 Å². The summed E-state index contributed by atoms with van der Waals surface area (Å²) < 4.78 is 29.4. The Balaban J connectivity index is 2.60. The third-order valence-corrected chi connectivity index (χ3v) is 3.75. The Morgan fingerprint density at radius 3 is 2.65 bits per heavy atom. The van der Waals surface area contributed by atoms with Crippen molar-refractivity contribution in [2.45, 2.75) is 11.7 Å². The van der Waals surface area contributed by atoms with Crippen LogP contribution in [0, 0.1) is 0 Å². The lowest BCUT2D eigenvalue weighted by molar-refractivity contribution is 0.185. The van der Waals surface area contributed by atoms with Gasteiger partial charge >= 0.3 is 0 Å². The van der Waals surface area contributed by atoms with Gasteiger partial charge in [-0.05, 0) is 12.1 Å². The van der Waals surface area contributed by atoms with Gasteiger partial charge in [-0.15, -0.1) is 10.2 Å². The molecule has 0 aliphatic rings. The second kappa shape index (κ2) is 5.88. The van der Waals surface area contributed by atoms with E-state index in [4.69, 9.17) is 21.5 Å². The van der Waals surface area contributed by atoms with Crippen molar-refractivity contribution in [1.29, 1.82) is 0 Å². The van der Waals surface area contributed by atoms with Crippen molar-refractivity contribution in [2.75, 3.05) is 13.7 Å². The molecule has 2 N–H and O–H groups in total. The third-order valence-electron chi connectivity index (χ3n) is 2.61. The molecule has 0 amide bonds. The van der Waals surface area contributed by atoms with E-state index < -0.39 is 10.0 Å². The molecular weight excluding hydrogens is 304 g/mol. The molecule has 0 aliphatic carbocycles. The molecule has 0 unspecified atom stereocenters. The monoisotopic (exact) mass is 316 g/mol. The molecule has 20 heavy (non-hydrogen) atoms. The molecule has 2 aromatic rings. The highest BCUT2D eigenvalue weighted by Crippen LogP contribution is 2.27. The van der Waals surface area contributed by atoms with E-state index in [1.165, 1.54) is 11.7 Å². The van der Waals surface area contributed by atoms with E-state index in [1.807, 2.05) is 0 Å². The van der Waals surface area contributed by atoms with Gasteiger partial charge in [0.1, 0.15) is 0 Å². The van der Waals surface area contributed by atoms with Crippen LogP contribution >= 0.6 is 11.6 Å². The SMILES string of the molecule is COCCn1c(-c2ccccc2Cl)nnc1S(N)(=O)=O. The molecule has 0 fully saturated rings. The van der Waals surface area contributed by atoms with Crippen molar-refractivity contribution < 1.29 is 13.2 Å². The summed E-state index contributed by atoms with van der Waals surface area (Å²) in [4.78, 5) is 0. The Hall–Kier alpha value is -1.48. The first kappa shape index (κ1) is 14.9. The minimum absolute atomic E-state index is 0.246. The zero-order valence-corrected chi connectivity index (χ0v) is 12.2. The lowest BCUT2D eigenvalue weighted by atomic mass is 10.2. The van der Waals surface area contributed by atoms with Crippen molar-refractivity contribution in [3.8, 4) is 11.4 Å². The lowest BCUT2D eigenvalue weighted by Crippen LogP contribution is -2.20. The van der Waals surface area contributed by atoms with Crippen molar-refractivity contribution >= 4 is 21.6 Å². The van der Waals surface area contributed by atoms with E-state index in [2.05, 4.69) is 10.2 Å². The number of halogens is 1. The van der Waals surface area contributed by atoms with Gasteiger partial charge in [-0.3, -0.25) is 4.57 Å². The van der Waals surface area contributed by atoms with Crippen molar-refractivity contribution in [2.24, 2.45) is 5.14 Å². The molecular formula is C11H13ClN4O3S.